The average molecular weight is 299 g/mol. The minimum Gasteiger partial charge on any atom is -0.394 e. The van der Waals surface area contributed by atoms with Gasteiger partial charge in [-0.2, -0.15) is 0 Å². The van der Waals surface area contributed by atoms with Gasteiger partial charge in [0.1, 0.15) is 0 Å². The number of anilines is 1. The molecule has 2 rings (SSSR count). The third-order valence-corrected chi connectivity index (χ3v) is 3.99. The van der Waals surface area contributed by atoms with E-state index in [1.54, 1.807) is 0 Å². The van der Waals surface area contributed by atoms with Gasteiger partial charge in [-0.15, -0.1) is 0 Å². The van der Waals surface area contributed by atoms with Gasteiger partial charge in [0.15, 0.2) is 0 Å². The molecule has 94 valence electrons. The van der Waals surface area contributed by atoms with Crippen molar-refractivity contribution in [3.63, 3.8) is 0 Å². The average Bonchev–Trinajstić information content (AvgIpc) is 2.39. The van der Waals surface area contributed by atoms with Crippen LogP contribution in [0.1, 0.15) is 30.9 Å². The van der Waals surface area contributed by atoms with E-state index in [4.69, 9.17) is 10.8 Å². The molecule has 0 amide bonds. The van der Waals surface area contributed by atoms with Crippen LogP contribution in [0.2, 0.25) is 0 Å². The molecule has 1 aliphatic rings. The summed E-state index contributed by atoms with van der Waals surface area (Å²) >= 11 is 3.54. The number of nitrogens with two attached hydrogens (primary N) is 1. The quantitative estimate of drug-likeness (QED) is 0.901. The largest absolute Gasteiger partial charge is 0.394 e. The van der Waals surface area contributed by atoms with Crippen LogP contribution in [0.25, 0.3) is 0 Å². The number of aliphatic hydroxyl groups excluding tert-OH is 1. The fraction of sp³-hybridized carbons (Fsp3) is 0.538. The lowest BCUT2D eigenvalue weighted by atomic mass is 10.1. The van der Waals surface area contributed by atoms with Gasteiger partial charge in [0.25, 0.3) is 0 Å². The maximum absolute atomic E-state index is 9.07. The van der Waals surface area contributed by atoms with Gasteiger partial charge < -0.3 is 15.7 Å². The Labute approximate surface area is 111 Å². The van der Waals surface area contributed by atoms with Crippen LogP contribution in [0.5, 0.6) is 0 Å². The predicted molar refractivity (Wildman–Crippen MR) is 74.2 cm³/mol. The first-order valence-corrected chi connectivity index (χ1v) is 6.92. The van der Waals surface area contributed by atoms with Gasteiger partial charge in [-0.1, -0.05) is 22.0 Å². The molecule has 3 nitrogen and oxygen atoms in total. The molecule has 1 aromatic rings. The van der Waals surface area contributed by atoms with Crippen LogP contribution in [-0.2, 0) is 0 Å². The molecule has 1 fully saturated rings. The first-order valence-electron chi connectivity index (χ1n) is 6.13. The van der Waals surface area contributed by atoms with Crippen molar-refractivity contribution in [2.75, 3.05) is 24.6 Å². The van der Waals surface area contributed by atoms with Crippen molar-refractivity contribution >= 4 is 21.6 Å². The molecule has 4 heteroatoms. The summed E-state index contributed by atoms with van der Waals surface area (Å²) in [7, 11) is 0. The summed E-state index contributed by atoms with van der Waals surface area (Å²) in [5.74, 6) is 0. The monoisotopic (exact) mass is 298 g/mol. The van der Waals surface area contributed by atoms with E-state index in [0.717, 1.165) is 23.1 Å². The van der Waals surface area contributed by atoms with E-state index in [1.807, 2.05) is 6.07 Å². The lowest BCUT2D eigenvalue weighted by Gasteiger charge is -2.29. The van der Waals surface area contributed by atoms with E-state index >= 15 is 0 Å². The topological polar surface area (TPSA) is 49.5 Å². The van der Waals surface area contributed by atoms with Crippen molar-refractivity contribution in [3.05, 3.63) is 28.2 Å². The molecule has 0 bridgehead atoms. The summed E-state index contributed by atoms with van der Waals surface area (Å²) in [6.45, 7) is 2.25. The van der Waals surface area contributed by atoms with Gasteiger partial charge in [-0.25, -0.2) is 0 Å². The highest BCUT2D eigenvalue weighted by atomic mass is 79.9. The van der Waals surface area contributed by atoms with E-state index in [-0.39, 0.29) is 12.6 Å². The van der Waals surface area contributed by atoms with Crippen molar-refractivity contribution in [2.24, 2.45) is 5.73 Å². The number of nitrogens with zero attached hydrogens (tertiary/aromatic N) is 1. The van der Waals surface area contributed by atoms with Gasteiger partial charge >= 0.3 is 0 Å². The van der Waals surface area contributed by atoms with Crippen molar-refractivity contribution in [1.82, 2.24) is 0 Å². The molecule has 1 aliphatic heterocycles. The van der Waals surface area contributed by atoms with E-state index in [1.165, 1.54) is 24.9 Å². The molecule has 1 saturated heterocycles. The van der Waals surface area contributed by atoms with Crippen molar-refractivity contribution in [2.45, 2.75) is 25.3 Å². The summed E-state index contributed by atoms with van der Waals surface area (Å²) in [4.78, 5) is 2.41. The maximum atomic E-state index is 9.07. The van der Waals surface area contributed by atoms with Crippen LogP contribution in [0.4, 0.5) is 5.69 Å². The number of rotatable bonds is 3. The molecule has 0 spiro atoms. The molecular weight excluding hydrogens is 280 g/mol. The third kappa shape index (κ3) is 3.00. The molecule has 0 aromatic heterocycles. The highest BCUT2D eigenvalue weighted by Gasteiger charge is 2.14. The van der Waals surface area contributed by atoms with Crippen LogP contribution in [0.3, 0.4) is 0 Å². The molecule has 0 radical (unpaired) electrons. The summed E-state index contributed by atoms with van der Waals surface area (Å²) in [6, 6.07) is 5.91. The number of benzene rings is 1. The SMILES string of the molecule is N[C@H](CO)c1ccc(N2CCCCC2)cc1Br. The maximum Gasteiger partial charge on any atom is 0.0624 e. The van der Waals surface area contributed by atoms with Crippen LogP contribution in [0, 0.1) is 0 Å². The Kier molecular flexibility index (Phi) is 4.42. The molecular formula is C13H19BrN2O. The smallest absolute Gasteiger partial charge is 0.0624 e. The Balaban J connectivity index is 2.17. The van der Waals surface area contributed by atoms with E-state index in [2.05, 4.69) is 33.0 Å². The van der Waals surface area contributed by atoms with Crippen LogP contribution < -0.4 is 10.6 Å². The minimum atomic E-state index is -0.306. The minimum absolute atomic E-state index is 0.0261. The zero-order chi connectivity index (χ0) is 12.3. The van der Waals surface area contributed by atoms with Crippen LogP contribution >= 0.6 is 15.9 Å². The number of piperidine rings is 1. The second-order valence-corrected chi connectivity index (χ2v) is 5.40. The van der Waals surface area contributed by atoms with Crippen LogP contribution in [-0.4, -0.2) is 24.8 Å². The Morgan fingerprint density at radius 1 is 1.29 bits per heavy atom. The Morgan fingerprint density at radius 2 is 2.00 bits per heavy atom. The standard InChI is InChI=1S/C13H19BrN2O/c14-12-8-10(16-6-2-1-3-7-16)4-5-11(12)13(15)9-17/h4-5,8,13,17H,1-3,6-7,9,15H2/t13-/m1/s1. The van der Waals surface area contributed by atoms with Crippen molar-refractivity contribution < 1.29 is 5.11 Å². The van der Waals surface area contributed by atoms with Gasteiger partial charge in [-0.3, -0.25) is 0 Å². The van der Waals surface area contributed by atoms with E-state index in [0.29, 0.717) is 0 Å². The van der Waals surface area contributed by atoms with Gasteiger partial charge in [0, 0.05) is 23.2 Å². The molecule has 1 atom stereocenters. The highest BCUT2D eigenvalue weighted by Crippen LogP contribution is 2.28. The van der Waals surface area contributed by atoms with Crippen molar-refractivity contribution in [3.8, 4) is 0 Å². The zero-order valence-electron chi connectivity index (χ0n) is 9.90. The van der Waals surface area contributed by atoms with Gasteiger partial charge in [0.2, 0.25) is 0 Å². The fourth-order valence-electron chi connectivity index (χ4n) is 2.26. The molecule has 1 aromatic carbocycles. The summed E-state index contributed by atoms with van der Waals surface area (Å²) < 4.78 is 0.988. The molecule has 3 N–H and O–H groups in total. The second kappa shape index (κ2) is 5.85. The molecule has 0 unspecified atom stereocenters. The lowest BCUT2D eigenvalue weighted by molar-refractivity contribution is 0.267. The van der Waals surface area contributed by atoms with E-state index < -0.39 is 0 Å². The predicted octanol–water partition coefficient (Wildman–Crippen LogP) is 2.43. The Morgan fingerprint density at radius 3 is 2.59 bits per heavy atom. The highest BCUT2D eigenvalue weighted by molar-refractivity contribution is 9.10. The van der Waals surface area contributed by atoms with E-state index in [9.17, 15) is 0 Å². The zero-order valence-corrected chi connectivity index (χ0v) is 11.5. The second-order valence-electron chi connectivity index (χ2n) is 4.54. The summed E-state index contributed by atoms with van der Waals surface area (Å²) in [6.07, 6.45) is 3.89. The molecule has 0 saturated carbocycles. The lowest BCUT2D eigenvalue weighted by Crippen LogP contribution is -2.29. The van der Waals surface area contributed by atoms with Gasteiger partial charge in [0.05, 0.1) is 12.6 Å². The summed E-state index contributed by atoms with van der Waals surface area (Å²) in [5.41, 5.74) is 8.04. The number of hydrogen-bond donors (Lipinski definition) is 2. The van der Waals surface area contributed by atoms with Gasteiger partial charge in [-0.05, 0) is 37.0 Å². The van der Waals surface area contributed by atoms with Crippen LogP contribution in [0.15, 0.2) is 22.7 Å². The Bertz CT molecular complexity index is 378. The molecule has 17 heavy (non-hydrogen) atoms. The Hall–Kier alpha value is -0.580. The third-order valence-electron chi connectivity index (χ3n) is 3.30. The fourth-order valence-corrected chi connectivity index (χ4v) is 2.92. The number of aliphatic hydroxyl groups is 1. The summed E-state index contributed by atoms with van der Waals surface area (Å²) in [5, 5.41) is 9.07. The number of halogens is 1. The number of hydrogen-bond acceptors (Lipinski definition) is 3. The normalized spacial score (nSPS) is 18.2. The van der Waals surface area contributed by atoms with Crippen molar-refractivity contribution in [1.29, 1.82) is 0 Å². The first kappa shape index (κ1) is 12.9. The first-order chi connectivity index (χ1) is 8.22. The molecule has 1 heterocycles. The molecule has 0 aliphatic carbocycles.